The van der Waals surface area contributed by atoms with Gasteiger partial charge in [-0.3, -0.25) is 14.4 Å². The van der Waals surface area contributed by atoms with Crippen LogP contribution in [-0.2, 0) is 30.6 Å². The molecule has 0 aromatic heterocycles. The van der Waals surface area contributed by atoms with Crippen molar-refractivity contribution in [3.63, 3.8) is 0 Å². The quantitative estimate of drug-likeness (QED) is 0.434. The third-order valence-corrected chi connectivity index (χ3v) is 4.70. The zero-order valence-electron chi connectivity index (χ0n) is 18.7. The van der Waals surface area contributed by atoms with E-state index in [1.165, 1.54) is 14.2 Å². The molecule has 1 heterocycles. The maximum absolute atomic E-state index is 12.5. The molecular weight excluding hydrogens is 408 g/mol. The molecule has 1 aliphatic heterocycles. The molecule has 0 N–H and O–H groups in total. The number of nitrogens with zero attached hydrogens (tertiary/aromatic N) is 2. The Hall–Kier alpha value is -3.58. The van der Waals surface area contributed by atoms with E-state index >= 15 is 0 Å². The molecule has 0 spiro atoms. The Balaban J connectivity index is 0.000000433. The summed E-state index contributed by atoms with van der Waals surface area (Å²) >= 11 is 0. The molecule has 0 unspecified atom stereocenters. The molecule has 1 aromatic rings. The summed E-state index contributed by atoms with van der Waals surface area (Å²) in [5, 5.41) is 1.10. The van der Waals surface area contributed by atoms with Gasteiger partial charge in [-0.2, -0.15) is 0 Å². The number of benzene rings is 1. The Kier molecular flexibility index (Phi) is 11.9. The lowest BCUT2D eigenvalue weighted by Gasteiger charge is -2.27. The summed E-state index contributed by atoms with van der Waals surface area (Å²) in [6.07, 6.45) is 9.68. The van der Waals surface area contributed by atoms with Gasteiger partial charge in [-0.05, 0) is 22.8 Å². The van der Waals surface area contributed by atoms with Crippen molar-refractivity contribution in [1.82, 2.24) is 9.96 Å². The number of hydroxylamine groups is 2. The minimum absolute atomic E-state index is 0.0912. The molecule has 1 aliphatic rings. The van der Waals surface area contributed by atoms with Crippen molar-refractivity contribution in [3.05, 3.63) is 78.0 Å². The number of allylic oxidation sites excluding steroid dienone is 4. The summed E-state index contributed by atoms with van der Waals surface area (Å²) in [6.45, 7) is 8.09. The normalized spacial score (nSPS) is 15.6. The van der Waals surface area contributed by atoms with Gasteiger partial charge in [-0.25, -0.2) is 5.06 Å². The highest BCUT2D eigenvalue weighted by Gasteiger charge is 2.20. The van der Waals surface area contributed by atoms with Gasteiger partial charge in [0, 0.05) is 32.7 Å². The molecule has 32 heavy (non-hydrogen) atoms. The lowest BCUT2D eigenvalue weighted by Crippen LogP contribution is -2.30. The summed E-state index contributed by atoms with van der Waals surface area (Å²) in [5.41, 5.74) is 3.68. The van der Waals surface area contributed by atoms with Gasteiger partial charge < -0.3 is 14.5 Å². The first-order chi connectivity index (χ1) is 15.4. The molecule has 0 saturated heterocycles. The Morgan fingerprint density at radius 3 is 2.31 bits per heavy atom. The third kappa shape index (κ3) is 7.92. The van der Waals surface area contributed by atoms with Gasteiger partial charge in [-0.15, -0.1) is 0 Å². The number of carbonyl (C=O) groups is 4. The van der Waals surface area contributed by atoms with Crippen LogP contribution in [0.3, 0.4) is 0 Å². The number of fused-ring (bicyclic) bond motifs is 1. The van der Waals surface area contributed by atoms with Crippen LogP contribution >= 0.6 is 0 Å². The van der Waals surface area contributed by atoms with E-state index in [0.29, 0.717) is 12.8 Å². The van der Waals surface area contributed by atoms with Crippen LogP contribution in [0.1, 0.15) is 36.8 Å². The van der Waals surface area contributed by atoms with Crippen LogP contribution in [0, 0.1) is 0 Å². The molecule has 1 aromatic carbocycles. The second-order valence-corrected chi connectivity index (χ2v) is 6.75. The SMILES string of the molecule is C=CC1=C(\C=C)N(C(=O)CCC=O)Cc2ccccc2/C=C\1.CON(C)C(=O)CCC=O. The molecule has 7 heteroatoms. The van der Waals surface area contributed by atoms with E-state index in [-0.39, 0.29) is 37.5 Å². The number of hydrogen-bond donors (Lipinski definition) is 0. The molecular formula is C25H30N2O5. The second kappa shape index (κ2) is 14.4. The van der Waals surface area contributed by atoms with Crippen molar-refractivity contribution >= 4 is 30.5 Å². The molecule has 0 radical (unpaired) electrons. The highest BCUT2D eigenvalue weighted by Crippen LogP contribution is 2.25. The van der Waals surface area contributed by atoms with E-state index in [9.17, 15) is 19.2 Å². The summed E-state index contributed by atoms with van der Waals surface area (Å²) in [6, 6.07) is 7.93. The topological polar surface area (TPSA) is 84.0 Å². The van der Waals surface area contributed by atoms with Crippen LogP contribution in [0.2, 0.25) is 0 Å². The molecule has 0 bridgehead atoms. The van der Waals surface area contributed by atoms with Crippen molar-refractivity contribution in [2.45, 2.75) is 32.2 Å². The predicted molar refractivity (Wildman–Crippen MR) is 124 cm³/mol. The number of hydrogen-bond acceptors (Lipinski definition) is 5. The van der Waals surface area contributed by atoms with Crippen LogP contribution in [-0.4, -0.2) is 48.5 Å². The standard InChI is InChI=1S/C19H19NO2.C6H11NO3/c1-3-15-11-12-16-8-5-6-9-17(16)14-20(18(15)4-2)19(22)10-7-13-21;1-7(10-2)6(9)4-3-5-8/h3-6,8-9,11-13H,1-2,7,10,14H2;5H,3-4H2,1-2H3/b12-11-,18-15-;. The summed E-state index contributed by atoms with van der Waals surface area (Å²) in [7, 11) is 2.91. The Labute approximate surface area is 189 Å². The fourth-order valence-corrected chi connectivity index (χ4v) is 2.90. The number of carbonyl (C=O) groups excluding carboxylic acids is 4. The molecule has 2 amide bonds. The lowest BCUT2D eigenvalue weighted by atomic mass is 10.0. The number of amides is 2. The molecule has 0 atom stereocenters. The zero-order chi connectivity index (χ0) is 23.9. The number of rotatable bonds is 9. The van der Waals surface area contributed by atoms with Gasteiger partial charge in [0.15, 0.2) is 0 Å². The zero-order valence-corrected chi connectivity index (χ0v) is 18.7. The molecule has 0 fully saturated rings. The van der Waals surface area contributed by atoms with E-state index in [4.69, 9.17) is 0 Å². The summed E-state index contributed by atoms with van der Waals surface area (Å²) in [5.74, 6) is -0.277. The van der Waals surface area contributed by atoms with E-state index in [2.05, 4.69) is 18.0 Å². The molecule has 2 rings (SSSR count). The smallest absolute Gasteiger partial charge is 0.246 e. The van der Waals surface area contributed by atoms with Gasteiger partial charge in [0.2, 0.25) is 11.8 Å². The van der Waals surface area contributed by atoms with Crippen LogP contribution in [0.25, 0.3) is 6.08 Å². The lowest BCUT2D eigenvalue weighted by molar-refractivity contribution is -0.168. The fraction of sp³-hybridized carbons (Fsp3) is 0.280. The maximum atomic E-state index is 12.5. The second-order valence-electron chi connectivity index (χ2n) is 6.75. The van der Waals surface area contributed by atoms with E-state index in [0.717, 1.165) is 33.7 Å². The van der Waals surface area contributed by atoms with Crippen LogP contribution in [0.15, 0.2) is 66.9 Å². The Morgan fingerprint density at radius 1 is 1.06 bits per heavy atom. The van der Waals surface area contributed by atoms with E-state index < -0.39 is 0 Å². The van der Waals surface area contributed by atoms with Gasteiger partial charge in [0.1, 0.15) is 12.6 Å². The van der Waals surface area contributed by atoms with Gasteiger partial charge >= 0.3 is 0 Å². The largest absolute Gasteiger partial charge is 0.307 e. The average molecular weight is 439 g/mol. The third-order valence-electron chi connectivity index (χ3n) is 4.70. The Morgan fingerprint density at radius 2 is 1.72 bits per heavy atom. The summed E-state index contributed by atoms with van der Waals surface area (Å²) < 4.78 is 0. The van der Waals surface area contributed by atoms with Gasteiger partial charge in [0.05, 0.1) is 19.4 Å². The number of aldehydes is 2. The van der Waals surface area contributed by atoms with Gasteiger partial charge in [-0.1, -0.05) is 55.7 Å². The first-order valence-electron chi connectivity index (χ1n) is 10.2. The fourth-order valence-electron chi connectivity index (χ4n) is 2.90. The van der Waals surface area contributed by atoms with Crippen molar-refractivity contribution in [2.75, 3.05) is 14.2 Å². The van der Waals surface area contributed by atoms with Crippen molar-refractivity contribution in [1.29, 1.82) is 0 Å². The molecule has 7 nitrogen and oxygen atoms in total. The van der Waals surface area contributed by atoms with Crippen molar-refractivity contribution in [2.24, 2.45) is 0 Å². The van der Waals surface area contributed by atoms with E-state index in [1.807, 2.05) is 36.4 Å². The predicted octanol–water partition coefficient (Wildman–Crippen LogP) is 3.63. The Bertz CT molecular complexity index is 901. The monoisotopic (exact) mass is 438 g/mol. The van der Waals surface area contributed by atoms with Crippen LogP contribution in [0.4, 0.5) is 0 Å². The maximum Gasteiger partial charge on any atom is 0.246 e. The average Bonchev–Trinajstić information content (AvgIpc) is 2.81. The summed E-state index contributed by atoms with van der Waals surface area (Å²) in [4.78, 5) is 49.9. The van der Waals surface area contributed by atoms with E-state index in [1.54, 1.807) is 17.1 Å². The highest BCUT2D eigenvalue weighted by molar-refractivity contribution is 5.81. The van der Waals surface area contributed by atoms with Crippen LogP contribution in [0.5, 0.6) is 0 Å². The van der Waals surface area contributed by atoms with Crippen LogP contribution < -0.4 is 0 Å². The first kappa shape index (κ1) is 26.5. The van der Waals surface area contributed by atoms with Crippen molar-refractivity contribution in [3.8, 4) is 0 Å². The minimum Gasteiger partial charge on any atom is -0.307 e. The molecule has 0 saturated carbocycles. The molecule has 0 aliphatic carbocycles. The van der Waals surface area contributed by atoms with Gasteiger partial charge in [0.25, 0.3) is 0 Å². The highest BCUT2D eigenvalue weighted by atomic mass is 16.7. The van der Waals surface area contributed by atoms with Crippen molar-refractivity contribution < 1.29 is 24.0 Å². The minimum atomic E-state index is -0.186. The first-order valence-corrected chi connectivity index (χ1v) is 10.2. The molecule has 170 valence electrons.